The molecule has 0 bridgehead atoms. The Morgan fingerprint density at radius 2 is 2.38 bits per heavy atom. The lowest BCUT2D eigenvalue weighted by Gasteiger charge is -1.96. The fourth-order valence-electron chi connectivity index (χ4n) is 1.06. The average molecular weight is 237 g/mol. The molecule has 0 aromatic carbocycles. The van der Waals surface area contributed by atoms with Crippen LogP contribution < -0.4 is 0 Å². The average Bonchev–Trinajstić information content (AvgIpc) is 2.49. The monoisotopic (exact) mass is 236 g/mol. The summed E-state index contributed by atoms with van der Waals surface area (Å²) in [5.74, 6) is 0.534. The lowest BCUT2D eigenvalue weighted by Crippen LogP contribution is -2.00. The summed E-state index contributed by atoms with van der Waals surface area (Å²) in [5, 5.41) is 12.6. The van der Waals surface area contributed by atoms with Crippen molar-refractivity contribution in [2.75, 3.05) is 0 Å². The second-order valence-electron chi connectivity index (χ2n) is 2.50. The number of nitrogens with zero attached hydrogens (tertiary/aromatic N) is 4. The smallest absolute Gasteiger partial charge is 0.163 e. The Kier molecular flexibility index (Phi) is 1.99. The second kappa shape index (κ2) is 3.15. The molecule has 5 heteroatoms. The molecule has 4 nitrogen and oxygen atoms in total. The molecule has 13 heavy (non-hydrogen) atoms. The number of hydrogen-bond acceptors (Lipinski definition) is 3. The van der Waals surface area contributed by atoms with Crippen LogP contribution in [0.2, 0.25) is 0 Å². The Morgan fingerprint density at radius 1 is 1.54 bits per heavy atom. The second-order valence-corrected chi connectivity index (χ2v) is 3.31. The normalized spacial score (nSPS) is 10.2. The van der Waals surface area contributed by atoms with Gasteiger partial charge in [-0.15, -0.1) is 0 Å². The maximum absolute atomic E-state index is 8.46. The molecule has 0 aliphatic heterocycles. The van der Waals surface area contributed by atoms with Gasteiger partial charge in [0.15, 0.2) is 5.82 Å². The van der Waals surface area contributed by atoms with Crippen molar-refractivity contribution in [2.45, 2.75) is 6.42 Å². The summed E-state index contributed by atoms with van der Waals surface area (Å²) in [6.45, 7) is 0. The van der Waals surface area contributed by atoms with E-state index in [0.29, 0.717) is 5.82 Å². The van der Waals surface area contributed by atoms with E-state index in [1.165, 1.54) is 0 Å². The van der Waals surface area contributed by atoms with Crippen LogP contribution in [0.15, 0.2) is 22.9 Å². The maximum atomic E-state index is 8.46. The molecule has 2 rings (SSSR count). The third kappa shape index (κ3) is 1.40. The molecule has 0 fully saturated rings. The molecule has 0 saturated carbocycles. The number of fused-ring (bicyclic) bond motifs is 1. The van der Waals surface area contributed by atoms with E-state index in [0.717, 1.165) is 10.1 Å². The number of nitriles is 1. The third-order valence-corrected chi connectivity index (χ3v) is 2.24. The minimum absolute atomic E-state index is 0.237. The van der Waals surface area contributed by atoms with E-state index in [4.69, 9.17) is 5.26 Å². The van der Waals surface area contributed by atoms with Gasteiger partial charge in [-0.1, -0.05) is 0 Å². The highest BCUT2D eigenvalue weighted by atomic mass is 79.9. The van der Waals surface area contributed by atoms with E-state index in [2.05, 4.69) is 26.0 Å². The van der Waals surface area contributed by atoms with Crippen LogP contribution in [0.4, 0.5) is 0 Å². The van der Waals surface area contributed by atoms with Gasteiger partial charge in [0.1, 0.15) is 4.60 Å². The van der Waals surface area contributed by atoms with Crippen LogP contribution >= 0.6 is 15.9 Å². The van der Waals surface area contributed by atoms with Crippen molar-refractivity contribution in [1.29, 1.82) is 5.26 Å². The zero-order valence-electron chi connectivity index (χ0n) is 6.61. The van der Waals surface area contributed by atoms with E-state index in [1.54, 1.807) is 10.7 Å². The molecule has 0 N–H and O–H groups in total. The first-order chi connectivity index (χ1) is 6.31. The number of halogens is 1. The fourth-order valence-corrected chi connectivity index (χ4v) is 1.47. The quantitative estimate of drug-likeness (QED) is 0.756. The SMILES string of the molecule is N#CCc1ncc2ccc(Br)n2n1. The van der Waals surface area contributed by atoms with Gasteiger partial charge >= 0.3 is 0 Å². The van der Waals surface area contributed by atoms with Crippen molar-refractivity contribution in [3.8, 4) is 6.07 Å². The lowest BCUT2D eigenvalue weighted by atomic mass is 10.4. The highest BCUT2D eigenvalue weighted by Gasteiger charge is 2.01. The molecule has 0 radical (unpaired) electrons. The molecule has 0 aliphatic carbocycles. The lowest BCUT2D eigenvalue weighted by molar-refractivity contribution is 0.822. The third-order valence-electron chi connectivity index (χ3n) is 1.64. The van der Waals surface area contributed by atoms with Gasteiger partial charge in [0.25, 0.3) is 0 Å². The number of hydrogen-bond donors (Lipinski definition) is 0. The number of aromatic nitrogens is 3. The highest BCUT2D eigenvalue weighted by molar-refractivity contribution is 9.10. The highest BCUT2D eigenvalue weighted by Crippen LogP contribution is 2.13. The minimum Gasteiger partial charge on any atom is -0.236 e. The molecule has 2 heterocycles. The van der Waals surface area contributed by atoms with E-state index in [1.807, 2.05) is 18.2 Å². The molecule has 0 aliphatic rings. The molecule has 0 unspecified atom stereocenters. The topological polar surface area (TPSA) is 54.0 Å². The molecule has 2 aromatic heterocycles. The van der Waals surface area contributed by atoms with Crippen LogP contribution in [0.5, 0.6) is 0 Å². The Labute approximate surface area is 82.9 Å². The number of rotatable bonds is 1. The van der Waals surface area contributed by atoms with Gasteiger partial charge in [-0.3, -0.25) is 0 Å². The van der Waals surface area contributed by atoms with Gasteiger partial charge in [0.05, 0.1) is 24.2 Å². The zero-order valence-corrected chi connectivity index (χ0v) is 8.19. The molecular formula is C8H5BrN4. The van der Waals surface area contributed by atoms with Crippen LogP contribution in [0, 0.1) is 11.3 Å². The van der Waals surface area contributed by atoms with Crippen LogP contribution in [0.25, 0.3) is 5.52 Å². The van der Waals surface area contributed by atoms with Gasteiger partial charge in [0, 0.05) is 0 Å². The van der Waals surface area contributed by atoms with Crippen LogP contribution in [-0.4, -0.2) is 14.6 Å². The van der Waals surface area contributed by atoms with Crippen molar-refractivity contribution in [1.82, 2.24) is 14.6 Å². The first-order valence-electron chi connectivity index (χ1n) is 3.67. The predicted octanol–water partition coefficient (Wildman–Crippen LogP) is 1.56. The summed E-state index contributed by atoms with van der Waals surface area (Å²) in [6.07, 6.45) is 1.94. The van der Waals surface area contributed by atoms with Crippen molar-refractivity contribution >= 4 is 21.4 Å². The van der Waals surface area contributed by atoms with E-state index >= 15 is 0 Å². The molecule has 0 spiro atoms. The maximum Gasteiger partial charge on any atom is 0.163 e. The summed E-state index contributed by atoms with van der Waals surface area (Å²) >= 11 is 3.34. The predicted molar refractivity (Wildman–Crippen MR) is 50.0 cm³/mol. The van der Waals surface area contributed by atoms with Crippen LogP contribution in [0.1, 0.15) is 5.82 Å². The molecule has 2 aromatic rings. The Morgan fingerprint density at radius 3 is 3.15 bits per heavy atom. The summed E-state index contributed by atoms with van der Waals surface area (Å²) in [6, 6.07) is 5.80. The largest absolute Gasteiger partial charge is 0.236 e. The molecule has 0 saturated heterocycles. The van der Waals surface area contributed by atoms with Crippen molar-refractivity contribution < 1.29 is 0 Å². The standard InChI is InChI=1S/C8H5BrN4/c9-7-2-1-6-5-11-8(3-4-10)12-13(6)7/h1-2,5H,3H2. The molecule has 64 valence electrons. The summed E-state index contributed by atoms with van der Waals surface area (Å²) < 4.78 is 2.57. The Balaban J connectivity index is 2.60. The van der Waals surface area contributed by atoms with Gasteiger partial charge < -0.3 is 0 Å². The van der Waals surface area contributed by atoms with Crippen molar-refractivity contribution in [3.63, 3.8) is 0 Å². The van der Waals surface area contributed by atoms with Gasteiger partial charge in [0.2, 0.25) is 0 Å². The van der Waals surface area contributed by atoms with Crippen molar-refractivity contribution in [3.05, 3.63) is 28.8 Å². The minimum atomic E-state index is 0.237. The Bertz CT molecular complexity index is 482. The first kappa shape index (κ1) is 8.20. The summed E-state index contributed by atoms with van der Waals surface area (Å²) in [7, 11) is 0. The van der Waals surface area contributed by atoms with Crippen LogP contribution in [-0.2, 0) is 6.42 Å². The van der Waals surface area contributed by atoms with Gasteiger partial charge in [-0.25, -0.2) is 9.50 Å². The van der Waals surface area contributed by atoms with Crippen LogP contribution in [0.3, 0.4) is 0 Å². The fraction of sp³-hybridized carbons (Fsp3) is 0.125. The van der Waals surface area contributed by atoms with Gasteiger partial charge in [-0.05, 0) is 28.1 Å². The zero-order chi connectivity index (χ0) is 9.26. The first-order valence-corrected chi connectivity index (χ1v) is 4.46. The molecule has 0 amide bonds. The van der Waals surface area contributed by atoms with E-state index in [-0.39, 0.29) is 6.42 Å². The summed E-state index contributed by atoms with van der Waals surface area (Å²) in [4.78, 5) is 4.03. The summed E-state index contributed by atoms with van der Waals surface area (Å²) in [5.41, 5.74) is 0.911. The van der Waals surface area contributed by atoms with Gasteiger partial charge in [-0.2, -0.15) is 10.4 Å². The van der Waals surface area contributed by atoms with Crippen molar-refractivity contribution in [2.24, 2.45) is 0 Å². The van der Waals surface area contributed by atoms with E-state index in [9.17, 15) is 0 Å². The van der Waals surface area contributed by atoms with E-state index < -0.39 is 0 Å². The Hall–Kier alpha value is -1.41. The molecule has 0 atom stereocenters. The molecular weight excluding hydrogens is 232 g/mol.